The average molecular weight is 439 g/mol. The van der Waals surface area contributed by atoms with Crippen LogP contribution in [0.4, 0.5) is 11.4 Å². The van der Waals surface area contributed by atoms with Gasteiger partial charge in [-0.05, 0) is 49.6 Å². The van der Waals surface area contributed by atoms with Crippen molar-refractivity contribution in [1.29, 1.82) is 0 Å². The van der Waals surface area contributed by atoms with Gasteiger partial charge in [0.25, 0.3) is 5.91 Å². The van der Waals surface area contributed by atoms with Crippen LogP contribution in [0.15, 0.2) is 53.7 Å². The lowest BCUT2D eigenvalue weighted by molar-refractivity contribution is -0.119. The molecule has 10 heteroatoms. The molecule has 0 aliphatic heterocycles. The maximum atomic E-state index is 12.7. The van der Waals surface area contributed by atoms with Gasteiger partial charge >= 0.3 is 0 Å². The van der Waals surface area contributed by atoms with Gasteiger partial charge in [-0.15, -0.1) is 11.3 Å². The first-order valence-electron chi connectivity index (χ1n) is 9.07. The summed E-state index contributed by atoms with van der Waals surface area (Å²) in [5, 5.41) is 14.5. The minimum atomic E-state index is -0.487. The van der Waals surface area contributed by atoms with Crippen LogP contribution in [0.2, 0.25) is 0 Å². The van der Waals surface area contributed by atoms with Gasteiger partial charge in [-0.1, -0.05) is 0 Å². The van der Waals surface area contributed by atoms with Crippen molar-refractivity contribution in [2.75, 3.05) is 10.6 Å². The van der Waals surface area contributed by atoms with E-state index in [1.165, 1.54) is 28.7 Å². The van der Waals surface area contributed by atoms with E-state index in [0.717, 1.165) is 10.6 Å². The second kappa shape index (κ2) is 8.56. The Kier molecular flexibility index (Phi) is 5.68. The number of amides is 2. The lowest BCUT2D eigenvalue weighted by atomic mass is 10.2. The number of rotatable bonds is 6. The summed E-state index contributed by atoms with van der Waals surface area (Å²) >= 11 is 2.97. The van der Waals surface area contributed by atoms with E-state index in [9.17, 15) is 9.59 Å². The van der Waals surface area contributed by atoms with E-state index in [-0.39, 0.29) is 11.8 Å². The van der Waals surface area contributed by atoms with E-state index in [0.29, 0.717) is 21.9 Å². The van der Waals surface area contributed by atoms with E-state index < -0.39 is 6.04 Å². The van der Waals surface area contributed by atoms with Crippen LogP contribution in [0.3, 0.4) is 0 Å². The van der Waals surface area contributed by atoms with Gasteiger partial charge in [0.15, 0.2) is 0 Å². The first kappa shape index (κ1) is 19.9. The summed E-state index contributed by atoms with van der Waals surface area (Å²) in [6.45, 7) is 3.57. The van der Waals surface area contributed by atoms with Crippen LogP contribution in [-0.4, -0.2) is 31.6 Å². The van der Waals surface area contributed by atoms with E-state index in [4.69, 9.17) is 0 Å². The van der Waals surface area contributed by atoms with Crippen LogP contribution in [0.1, 0.15) is 28.3 Å². The molecule has 0 saturated carbocycles. The van der Waals surface area contributed by atoms with Crippen LogP contribution in [0.5, 0.6) is 0 Å². The number of thiophene rings is 1. The van der Waals surface area contributed by atoms with Gasteiger partial charge in [-0.3, -0.25) is 9.59 Å². The van der Waals surface area contributed by atoms with Crippen LogP contribution >= 0.6 is 22.7 Å². The molecule has 2 N–H and O–H groups in total. The number of hydrogen-bond donors (Lipinski definition) is 2. The van der Waals surface area contributed by atoms with Gasteiger partial charge in [-0.2, -0.15) is 16.4 Å². The third-order valence-electron chi connectivity index (χ3n) is 4.39. The lowest BCUT2D eigenvalue weighted by Gasteiger charge is -2.12. The predicted octanol–water partition coefficient (Wildman–Crippen LogP) is 4.22. The minimum absolute atomic E-state index is 0.205. The predicted molar refractivity (Wildman–Crippen MR) is 118 cm³/mol. The summed E-state index contributed by atoms with van der Waals surface area (Å²) < 4.78 is 1.48. The van der Waals surface area contributed by atoms with Crippen molar-refractivity contribution in [2.45, 2.75) is 19.9 Å². The highest BCUT2D eigenvalue weighted by Crippen LogP contribution is 2.30. The monoisotopic (exact) mass is 438 g/mol. The van der Waals surface area contributed by atoms with Crippen LogP contribution in [0.25, 0.3) is 10.6 Å². The Bertz CT molecular complexity index is 1150. The molecule has 2 amide bonds. The Labute approximate surface area is 180 Å². The molecule has 1 atom stereocenters. The molecule has 1 unspecified atom stereocenters. The van der Waals surface area contributed by atoms with Gasteiger partial charge in [0.2, 0.25) is 5.91 Å². The molecule has 4 aromatic rings. The molecule has 4 rings (SSSR count). The maximum Gasteiger partial charge on any atom is 0.267 e. The van der Waals surface area contributed by atoms with Gasteiger partial charge < -0.3 is 10.6 Å². The summed E-state index contributed by atoms with van der Waals surface area (Å²) in [5.74, 6) is -0.415. The van der Waals surface area contributed by atoms with Crippen molar-refractivity contribution in [3.63, 3.8) is 0 Å². The van der Waals surface area contributed by atoms with Crippen molar-refractivity contribution in [3.05, 3.63) is 64.3 Å². The molecular formula is C20H18N6O2S2. The van der Waals surface area contributed by atoms with Crippen LogP contribution in [0, 0.1) is 6.92 Å². The third-order valence-corrected chi connectivity index (χ3v) is 6.28. The second-order valence-corrected chi connectivity index (χ2v) is 8.30. The number of nitrogens with zero attached hydrogens (tertiary/aromatic N) is 4. The fraction of sp³-hybridized carbons (Fsp3) is 0.150. The van der Waals surface area contributed by atoms with Crippen molar-refractivity contribution < 1.29 is 9.59 Å². The lowest BCUT2D eigenvalue weighted by Crippen LogP contribution is -2.24. The smallest absolute Gasteiger partial charge is 0.267 e. The highest BCUT2D eigenvalue weighted by molar-refractivity contribution is 7.17. The number of carbonyl (C=O) groups excluding carboxylic acids is 2. The largest absolute Gasteiger partial charge is 0.324 e. The molecule has 0 fully saturated rings. The molecule has 0 aliphatic carbocycles. The Hall–Kier alpha value is -3.37. The van der Waals surface area contributed by atoms with Gasteiger partial charge in [0, 0.05) is 22.3 Å². The summed E-state index contributed by atoms with van der Waals surface area (Å²) in [4.78, 5) is 33.9. The summed E-state index contributed by atoms with van der Waals surface area (Å²) in [5.41, 5.74) is 2.97. The van der Waals surface area contributed by atoms with E-state index in [2.05, 4.69) is 25.7 Å². The molecule has 152 valence electrons. The normalized spacial score (nSPS) is 11.8. The molecule has 0 bridgehead atoms. The Morgan fingerprint density at radius 2 is 1.83 bits per heavy atom. The van der Waals surface area contributed by atoms with Crippen molar-refractivity contribution >= 4 is 45.9 Å². The Morgan fingerprint density at radius 1 is 1.10 bits per heavy atom. The van der Waals surface area contributed by atoms with Gasteiger partial charge in [0.1, 0.15) is 28.6 Å². The molecular weight excluding hydrogens is 420 g/mol. The highest BCUT2D eigenvalue weighted by Gasteiger charge is 2.18. The van der Waals surface area contributed by atoms with Gasteiger partial charge in [-0.25, -0.2) is 14.6 Å². The molecule has 0 saturated heterocycles. The number of benzene rings is 1. The van der Waals surface area contributed by atoms with E-state index in [1.54, 1.807) is 42.5 Å². The molecule has 1 aromatic carbocycles. The van der Waals surface area contributed by atoms with Crippen molar-refractivity contribution in [3.8, 4) is 10.6 Å². The van der Waals surface area contributed by atoms with Crippen LogP contribution in [-0.2, 0) is 4.79 Å². The second-order valence-electron chi connectivity index (χ2n) is 6.52. The molecule has 0 spiro atoms. The Balaban J connectivity index is 1.40. The molecule has 0 radical (unpaired) electrons. The molecule has 3 aromatic heterocycles. The number of thiazole rings is 1. The van der Waals surface area contributed by atoms with Crippen molar-refractivity contribution in [1.82, 2.24) is 19.7 Å². The van der Waals surface area contributed by atoms with E-state index in [1.807, 2.05) is 23.8 Å². The molecule has 0 aliphatic rings. The highest BCUT2D eigenvalue weighted by atomic mass is 32.1. The number of aryl methyl sites for hydroxylation is 1. The average Bonchev–Trinajstić information content (AvgIpc) is 3.50. The number of aromatic nitrogens is 4. The quantitative estimate of drug-likeness (QED) is 0.469. The van der Waals surface area contributed by atoms with E-state index >= 15 is 0 Å². The summed E-state index contributed by atoms with van der Waals surface area (Å²) in [6.07, 6.45) is 2.88. The zero-order chi connectivity index (χ0) is 21.1. The molecule has 8 nitrogen and oxygen atoms in total. The first-order valence-corrected chi connectivity index (χ1v) is 10.8. The SMILES string of the molecule is Cc1nc(-c2ccsc2)sc1C(=O)Nc1ccc(NC(=O)C(C)n2cncn2)cc1. The fourth-order valence-electron chi connectivity index (χ4n) is 2.73. The molecule has 3 heterocycles. The van der Waals surface area contributed by atoms with Crippen molar-refractivity contribution in [2.24, 2.45) is 0 Å². The first-order chi connectivity index (χ1) is 14.5. The zero-order valence-electron chi connectivity index (χ0n) is 16.2. The summed E-state index contributed by atoms with van der Waals surface area (Å²) in [6, 6.07) is 8.45. The zero-order valence-corrected chi connectivity index (χ0v) is 17.8. The topological polar surface area (TPSA) is 102 Å². The third kappa shape index (κ3) is 4.29. The standard InChI is InChI=1S/C20H18N6O2S2/c1-12-17(30-20(23-12)14-7-8-29-9-14)19(28)25-16-5-3-15(4-6-16)24-18(27)13(2)26-11-21-10-22-26/h3-11,13H,1-2H3,(H,24,27)(H,25,28). The summed E-state index contributed by atoms with van der Waals surface area (Å²) in [7, 11) is 0. The number of hydrogen-bond acceptors (Lipinski definition) is 7. The minimum Gasteiger partial charge on any atom is -0.324 e. The number of anilines is 2. The number of nitrogens with one attached hydrogen (secondary N) is 2. The Morgan fingerprint density at radius 3 is 2.47 bits per heavy atom. The molecule has 30 heavy (non-hydrogen) atoms. The maximum absolute atomic E-state index is 12.7. The van der Waals surface area contributed by atoms with Crippen LogP contribution < -0.4 is 10.6 Å². The number of carbonyl (C=O) groups is 2. The van der Waals surface area contributed by atoms with Gasteiger partial charge in [0.05, 0.1) is 5.69 Å². The fourth-order valence-corrected chi connectivity index (χ4v) is 4.40.